The number of hydrogen-bond acceptors (Lipinski definition) is 2. The van der Waals surface area contributed by atoms with Gasteiger partial charge in [0.05, 0.1) is 10.7 Å². The predicted octanol–water partition coefficient (Wildman–Crippen LogP) is 4.94. The molecule has 0 saturated heterocycles. The van der Waals surface area contributed by atoms with Crippen LogP contribution in [0.4, 0.5) is 5.69 Å². The third kappa shape index (κ3) is 3.01. The summed E-state index contributed by atoms with van der Waals surface area (Å²) >= 11 is 7.78. The number of benzene rings is 2. The minimum absolute atomic E-state index is 0.616. The lowest BCUT2D eigenvalue weighted by molar-refractivity contribution is 1.07. The van der Waals surface area contributed by atoms with E-state index in [1.54, 1.807) is 11.8 Å². The van der Waals surface area contributed by atoms with Gasteiger partial charge in [-0.15, -0.1) is 0 Å². The van der Waals surface area contributed by atoms with E-state index in [0.29, 0.717) is 10.7 Å². The molecule has 0 atom stereocenters. The van der Waals surface area contributed by atoms with Gasteiger partial charge in [0.15, 0.2) is 0 Å². The summed E-state index contributed by atoms with van der Waals surface area (Å²) in [5.41, 5.74) is 8.98. The third-order valence-electron chi connectivity index (χ3n) is 2.80. The molecule has 0 fully saturated rings. The Morgan fingerprint density at radius 1 is 1.17 bits per heavy atom. The highest BCUT2D eigenvalue weighted by Crippen LogP contribution is 2.34. The molecule has 0 unspecified atom stereocenters. The highest BCUT2D eigenvalue weighted by molar-refractivity contribution is 7.99. The SMILES string of the molecule is CCc1ccc(C)cc1Sc1ccc(N)c(Cl)c1. The van der Waals surface area contributed by atoms with E-state index < -0.39 is 0 Å². The molecule has 0 radical (unpaired) electrons. The van der Waals surface area contributed by atoms with Gasteiger partial charge in [0, 0.05) is 9.79 Å². The van der Waals surface area contributed by atoms with Gasteiger partial charge < -0.3 is 5.73 Å². The zero-order valence-electron chi connectivity index (χ0n) is 10.5. The van der Waals surface area contributed by atoms with Crippen LogP contribution in [-0.2, 0) is 6.42 Å². The summed E-state index contributed by atoms with van der Waals surface area (Å²) in [7, 11) is 0. The minimum Gasteiger partial charge on any atom is -0.398 e. The van der Waals surface area contributed by atoms with Crippen LogP contribution >= 0.6 is 23.4 Å². The van der Waals surface area contributed by atoms with Crippen LogP contribution in [0.5, 0.6) is 0 Å². The number of anilines is 1. The number of halogens is 1. The van der Waals surface area contributed by atoms with Gasteiger partial charge in [0.25, 0.3) is 0 Å². The molecule has 18 heavy (non-hydrogen) atoms. The molecule has 0 heterocycles. The largest absolute Gasteiger partial charge is 0.398 e. The van der Waals surface area contributed by atoms with E-state index in [-0.39, 0.29) is 0 Å². The Balaban J connectivity index is 2.33. The monoisotopic (exact) mass is 277 g/mol. The molecular weight excluding hydrogens is 262 g/mol. The van der Waals surface area contributed by atoms with Gasteiger partial charge in [0.1, 0.15) is 0 Å². The Kier molecular flexibility index (Phi) is 4.20. The summed E-state index contributed by atoms with van der Waals surface area (Å²) in [6, 6.07) is 12.3. The van der Waals surface area contributed by atoms with Crippen molar-refractivity contribution < 1.29 is 0 Å². The summed E-state index contributed by atoms with van der Waals surface area (Å²) in [5, 5.41) is 0.616. The predicted molar refractivity (Wildman–Crippen MR) is 80.5 cm³/mol. The van der Waals surface area contributed by atoms with Crippen molar-refractivity contribution in [2.24, 2.45) is 0 Å². The van der Waals surface area contributed by atoms with Crippen LogP contribution < -0.4 is 5.73 Å². The molecule has 0 aromatic heterocycles. The van der Waals surface area contributed by atoms with Gasteiger partial charge in [-0.2, -0.15) is 0 Å². The molecule has 0 aliphatic carbocycles. The van der Waals surface area contributed by atoms with Gasteiger partial charge in [-0.05, 0) is 48.7 Å². The average molecular weight is 278 g/mol. The minimum atomic E-state index is 0.616. The van der Waals surface area contributed by atoms with Gasteiger partial charge >= 0.3 is 0 Å². The lowest BCUT2D eigenvalue weighted by Gasteiger charge is -2.09. The summed E-state index contributed by atoms with van der Waals surface area (Å²) in [4.78, 5) is 2.41. The van der Waals surface area contributed by atoms with E-state index in [1.807, 2.05) is 18.2 Å². The lowest BCUT2D eigenvalue weighted by atomic mass is 10.1. The quantitative estimate of drug-likeness (QED) is 0.804. The topological polar surface area (TPSA) is 26.0 Å². The molecule has 0 aliphatic heterocycles. The first-order valence-corrected chi connectivity index (χ1v) is 7.12. The second-order valence-electron chi connectivity index (χ2n) is 4.25. The van der Waals surface area contributed by atoms with Crippen molar-refractivity contribution in [2.75, 3.05) is 5.73 Å². The van der Waals surface area contributed by atoms with Gasteiger partial charge in [-0.3, -0.25) is 0 Å². The van der Waals surface area contributed by atoms with Crippen molar-refractivity contribution in [2.45, 2.75) is 30.1 Å². The van der Waals surface area contributed by atoms with Gasteiger partial charge in [0.2, 0.25) is 0 Å². The van der Waals surface area contributed by atoms with Crippen LogP contribution in [0.1, 0.15) is 18.1 Å². The number of aryl methyl sites for hydroxylation is 2. The van der Waals surface area contributed by atoms with Crippen molar-refractivity contribution >= 4 is 29.1 Å². The van der Waals surface area contributed by atoms with Crippen LogP contribution in [0.3, 0.4) is 0 Å². The van der Waals surface area contributed by atoms with E-state index in [0.717, 1.165) is 11.3 Å². The molecule has 0 bridgehead atoms. The molecule has 0 saturated carbocycles. The maximum absolute atomic E-state index is 6.05. The molecule has 94 valence electrons. The average Bonchev–Trinajstić information content (AvgIpc) is 2.34. The fourth-order valence-corrected chi connectivity index (χ4v) is 3.15. The van der Waals surface area contributed by atoms with Gasteiger partial charge in [-0.1, -0.05) is 42.4 Å². The van der Waals surface area contributed by atoms with Crippen LogP contribution in [0.15, 0.2) is 46.2 Å². The second-order valence-corrected chi connectivity index (χ2v) is 5.77. The van der Waals surface area contributed by atoms with E-state index in [4.69, 9.17) is 17.3 Å². The number of hydrogen-bond donors (Lipinski definition) is 1. The number of nitrogen functional groups attached to an aromatic ring is 1. The van der Waals surface area contributed by atoms with E-state index in [2.05, 4.69) is 32.0 Å². The smallest absolute Gasteiger partial charge is 0.0646 e. The maximum atomic E-state index is 6.05. The fraction of sp³-hybridized carbons (Fsp3) is 0.200. The zero-order chi connectivity index (χ0) is 13.1. The van der Waals surface area contributed by atoms with Crippen molar-refractivity contribution in [3.63, 3.8) is 0 Å². The van der Waals surface area contributed by atoms with E-state index >= 15 is 0 Å². The first-order valence-electron chi connectivity index (χ1n) is 5.92. The molecule has 2 rings (SSSR count). The van der Waals surface area contributed by atoms with Crippen LogP contribution in [0.2, 0.25) is 5.02 Å². The van der Waals surface area contributed by atoms with Crippen LogP contribution in [0.25, 0.3) is 0 Å². The molecule has 1 nitrogen and oxygen atoms in total. The Morgan fingerprint density at radius 3 is 2.61 bits per heavy atom. The molecule has 0 aliphatic rings. The fourth-order valence-electron chi connectivity index (χ4n) is 1.75. The molecule has 2 aromatic rings. The van der Waals surface area contributed by atoms with E-state index in [9.17, 15) is 0 Å². The van der Waals surface area contributed by atoms with Crippen molar-refractivity contribution in [1.82, 2.24) is 0 Å². The zero-order valence-corrected chi connectivity index (χ0v) is 12.1. The lowest BCUT2D eigenvalue weighted by Crippen LogP contribution is -1.88. The molecule has 0 amide bonds. The van der Waals surface area contributed by atoms with Gasteiger partial charge in [-0.25, -0.2) is 0 Å². The highest BCUT2D eigenvalue weighted by atomic mass is 35.5. The number of rotatable bonds is 3. The summed E-state index contributed by atoms with van der Waals surface area (Å²) in [5.74, 6) is 0. The van der Waals surface area contributed by atoms with Crippen molar-refractivity contribution in [3.8, 4) is 0 Å². The summed E-state index contributed by atoms with van der Waals surface area (Å²) in [6.45, 7) is 4.28. The molecule has 3 heteroatoms. The Morgan fingerprint density at radius 2 is 1.94 bits per heavy atom. The first kappa shape index (κ1) is 13.3. The van der Waals surface area contributed by atoms with E-state index in [1.165, 1.54) is 16.0 Å². The standard InChI is InChI=1S/C15H16ClNS/c1-3-11-5-4-10(2)8-15(11)18-12-6-7-14(17)13(16)9-12/h4-9H,3,17H2,1-2H3. The molecular formula is C15H16ClNS. The third-order valence-corrected chi connectivity index (χ3v) is 4.22. The maximum Gasteiger partial charge on any atom is 0.0646 e. The molecule has 2 aromatic carbocycles. The number of nitrogens with two attached hydrogens (primary N) is 1. The summed E-state index contributed by atoms with van der Waals surface area (Å²) < 4.78 is 0. The summed E-state index contributed by atoms with van der Waals surface area (Å²) in [6.07, 6.45) is 1.03. The Hall–Kier alpha value is -1.12. The second kappa shape index (κ2) is 5.68. The Labute approximate surface area is 117 Å². The normalized spacial score (nSPS) is 10.6. The van der Waals surface area contributed by atoms with Crippen LogP contribution in [-0.4, -0.2) is 0 Å². The Bertz CT molecular complexity index is 566. The van der Waals surface area contributed by atoms with Crippen molar-refractivity contribution in [1.29, 1.82) is 0 Å². The van der Waals surface area contributed by atoms with Crippen molar-refractivity contribution in [3.05, 3.63) is 52.5 Å². The van der Waals surface area contributed by atoms with Crippen LogP contribution in [0, 0.1) is 6.92 Å². The molecule has 0 spiro atoms. The highest BCUT2D eigenvalue weighted by Gasteiger charge is 2.05. The molecule has 2 N–H and O–H groups in total. The first-order chi connectivity index (χ1) is 8.60.